The van der Waals surface area contributed by atoms with Crippen molar-refractivity contribution >= 4 is 28.9 Å². The van der Waals surface area contributed by atoms with Gasteiger partial charge in [-0.2, -0.15) is 16.9 Å². The maximum absolute atomic E-state index is 5.97. The topological polar surface area (TPSA) is 61.7 Å². The summed E-state index contributed by atoms with van der Waals surface area (Å²) in [5.74, 6) is 1.59. The molecule has 88 valence electrons. The van der Waals surface area contributed by atoms with Gasteiger partial charge in [-0.1, -0.05) is 0 Å². The molecule has 0 fully saturated rings. The number of imidazole rings is 1. The lowest BCUT2D eigenvalue weighted by molar-refractivity contribution is 0.612. The first-order valence-electron chi connectivity index (χ1n) is 5.22. The number of fused-ring (bicyclic) bond motifs is 1. The summed E-state index contributed by atoms with van der Waals surface area (Å²) in [6.07, 6.45) is 2.09. The van der Waals surface area contributed by atoms with Gasteiger partial charge >= 0.3 is 0 Å². The van der Waals surface area contributed by atoms with Gasteiger partial charge in [0.05, 0.1) is 5.69 Å². The number of nitrogen functional groups attached to an aromatic ring is 1. The zero-order chi connectivity index (χ0) is 11.9. The molecule has 5 nitrogen and oxygen atoms in total. The molecule has 0 radical (unpaired) electrons. The van der Waals surface area contributed by atoms with Crippen molar-refractivity contribution in [2.45, 2.75) is 19.9 Å². The highest BCUT2D eigenvalue weighted by Gasteiger charge is 2.18. The molecule has 0 spiro atoms. The fraction of sp³-hybridized carbons (Fsp3) is 0.600. The van der Waals surface area contributed by atoms with Crippen LogP contribution in [0.5, 0.6) is 0 Å². The normalized spacial score (nSPS) is 13.5. The molecule has 2 rings (SSSR count). The van der Waals surface area contributed by atoms with Crippen LogP contribution in [0.3, 0.4) is 0 Å². The van der Waals surface area contributed by atoms with Crippen LogP contribution in [-0.2, 0) is 7.05 Å². The summed E-state index contributed by atoms with van der Waals surface area (Å²) in [6.45, 7) is 4.11. The molecule has 2 aromatic heterocycles. The van der Waals surface area contributed by atoms with Crippen molar-refractivity contribution in [3.63, 3.8) is 0 Å². The van der Waals surface area contributed by atoms with Gasteiger partial charge in [-0.15, -0.1) is 0 Å². The van der Waals surface area contributed by atoms with Crippen molar-refractivity contribution in [1.82, 2.24) is 19.3 Å². The third kappa shape index (κ3) is 1.57. The van der Waals surface area contributed by atoms with E-state index >= 15 is 0 Å². The first-order valence-corrected chi connectivity index (χ1v) is 6.61. The molecule has 0 aliphatic rings. The largest absolute Gasteiger partial charge is 0.369 e. The fourth-order valence-corrected chi connectivity index (χ4v) is 2.69. The molecule has 2 N–H and O–H groups in total. The lowest BCUT2D eigenvalue weighted by Crippen LogP contribution is -2.13. The molecule has 1 unspecified atom stereocenters. The highest BCUT2D eigenvalue weighted by molar-refractivity contribution is 7.98. The SMILES string of the molecule is CSCC(C)n1c(N)nc2c(C)nn(C)c21. The van der Waals surface area contributed by atoms with Crippen LogP contribution in [0, 0.1) is 6.92 Å². The van der Waals surface area contributed by atoms with Crippen molar-refractivity contribution in [2.75, 3.05) is 17.7 Å². The summed E-state index contributed by atoms with van der Waals surface area (Å²) in [5, 5.41) is 4.37. The molecule has 2 heterocycles. The first kappa shape index (κ1) is 11.3. The summed E-state index contributed by atoms with van der Waals surface area (Å²) in [7, 11) is 1.93. The van der Waals surface area contributed by atoms with Crippen LogP contribution in [0.15, 0.2) is 0 Å². The predicted octanol–water partition coefficient (Wildman–Crippen LogP) is 1.58. The molecule has 0 aliphatic carbocycles. The van der Waals surface area contributed by atoms with Crippen LogP contribution in [0.4, 0.5) is 5.95 Å². The van der Waals surface area contributed by atoms with Gasteiger partial charge in [0.25, 0.3) is 0 Å². The summed E-state index contributed by atoms with van der Waals surface area (Å²) < 4.78 is 3.91. The van der Waals surface area contributed by atoms with E-state index in [9.17, 15) is 0 Å². The predicted molar refractivity (Wildman–Crippen MR) is 68.7 cm³/mol. The number of thioether (sulfide) groups is 1. The monoisotopic (exact) mass is 239 g/mol. The lowest BCUT2D eigenvalue weighted by Gasteiger charge is -2.14. The van der Waals surface area contributed by atoms with Crippen molar-refractivity contribution in [2.24, 2.45) is 7.05 Å². The van der Waals surface area contributed by atoms with Crippen molar-refractivity contribution in [3.8, 4) is 0 Å². The molecule has 0 aliphatic heterocycles. The lowest BCUT2D eigenvalue weighted by atomic mass is 10.4. The molecule has 16 heavy (non-hydrogen) atoms. The number of rotatable bonds is 3. The van der Waals surface area contributed by atoms with E-state index in [0.717, 1.165) is 22.6 Å². The Balaban J connectivity index is 2.63. The van der Waals surface area contributed by atoms with E-state index in [1.165, 1.54) is 0 Å². The minimum atomic E-state index is 0.329. The summed E-state index contributed by atoms with van der Waals surface area (Å²) in [6, 6.07) is 0.329. The second-order valence-corrected chi connectivity index (χ2v) is 4.94. The Morgan fingerprint density at radius 2 is 2.19 bits per heavy atom. The van der Waals surface area contributed by atoms with Crippen molar-refractivity contribution in [3.05, 3.63) is 5.69 Å². The number of nitrogens with two attached hydrogens (primary N) is 1. The van der Waals surface area contributed by atoms with Crippen LogP contribution in [0.1, 0.15) is 18.7 Å². The van der Waals surface area contributed by atoms with Crippen molar-refractivity contribution in [1.29, 1.82) is 0 Å². The number of aromatic nitrogens is 4. The third-order valence-electron chi connectivity index (χ3n) is 2.71. The van der Waals surface area contributed by atoms with E-state index in [4.69, 9.17) is 5.73 Å². The summed E-state index contributed by atoms with van der Waals surface area (Å²) in [4.78, 5) is 4.38. The number of hydrogen-bond donors (Lipinski definition) is 1. The zero-order valence-electron chi connectivity index (χ0n) is 10.1. The maximum Gasteiger partial charge on any atom is 0.202 e. The van der Waals surface area contributed by atoms with Gasteiger partial charge in [0.1, 0.15) is 5.52 Å². The molecule has 0 aromatic carbocycles. The van der Waals surface area contributed by atoms with E-state index in [2.05, 4.69) is 27.8 Å². The number of hydrogen-bond acceptors (Lipinski definition) is 4. The van der Waals surface area contributed by atoms with Gasteiger partial charge in [0, 0.05) is 18.8 Å². The Morgan fingerprint density at radius 1 is 1.50 bits per heavy atom. The van der Waals surface area contributed by atoms with E-state index in [0.29, 0.717) is 12.0 Å². The molecule has 6 heteroatoms. The minimum Gasteiger partial charge on any atom is -0.369 e. The Labute approximate surface area is 99.0 Å². The average Bonchev–Trinajstić information content (AvgIpc) is 2.67. The summed E-state index contributed by atoms with van der Waals surface area (Å²) >= 11 is 1.80. The minimum absolute atomic E-state index is 0.329. The molecule has 0 bridgehead atoms. The van der Waals surface area contributed by atoms with E-state index in [-0.39, 0.29) is 0 Å². The Bertz CT molecular complexity index is 513. The molecule has 0 amide bonds. The molecular weight excluding hydrogens is 222 g/mol. The van der Waals surface area contributed by atoms with Gasteiger partial charge in [-0.05, 0) is 20.1 Å². The first-order chi connectivity index (χ1) is 7.56. The number of anilines is 1. The van der Waals surface area contributed by atoms with Crippen LogP contribution < -0.4 is 5.73 Å². The van der Waals surface area contributed by atoms with E-state index in [1.54, 1.807) is 11.8 Å². The molecule has 0 saturated carbocycles. The molecule has 0 saturated heterocycles. The van der Waals surface area contributed by atoms with Gasteiger partial charge in [-0.25, -0.2) is 4.98 Å². The van der Waals surface area contributed by atoms with Gasteiger partial charge in [-0.3, -0.25) is 9.25 Å². The molecular formula is C10H17N5S. The molecule has 1 atom stereocenters. The quantitative estimate of drug-likeness (QED) is 0.883. The highest BCUT2D eigenvalue weighted by Crippen LogP contribution is 2.25. The summed E-state index contributed by atoms with van der Waals surface area (Å²) in [5.41, 5.74) is 8.82. The van der Waals surface area contributed by atoms with Crippen molar-refractivity contribution < 1.29 is 0 Å². The second kappa shape index (κ2) is 4.01. The smallest absolute Gasteiger partial charge is 0.202 e. The third-order valence-corrected chi connectivity index (χ3v) is 3.53. The Kier molecular flexibility index (Phi) is 2.84. The average molecular weight is 239 g/mol. The maximum atomic E-state index is 5.97. The zero-order valence-corrected chi connectivity index (χ0v) is 10.9. The fourth-order valence-electron chi connectivity index (χ4n) is 2.06. The second-order valence-electron chi connectivity index (χ2n) is 4.03. The van der Waals surface area contributed by atoms with Crippen LogP contribution in [-0.4, -0.2) is 31.3 Å². The number of aryl methyl sites for hydroxylation is 2. The van der Waals surface area contributed by atoms with Gasteiger partial charge in [0.15, 0.2) is 5.65 Å². The van der Waals surface area contributed by atoms with Crippen LogP contribution >= 0.6 is 11.8 Å². The Morgan fingerprint density at radius 3 is 2.81 bits per heavy atom. The van der Waals surface area contributed by atoms with E-state index in [1.807, 2.05) is 18.7 Å². The number of nitrogens with zero attached hydrogens (tertiary/aromatic N) is 4. The van der Waals surface area contributed by atoms with Gasteiger partial charge in [0.2, 0.25) is 5.95 Å². The van der Waals surface area contributed by atoms with Gasteiger partial charge < -0.3 is 5.73 Å². The van der Waals surface area contributed by atoms with E-state index < -0.39 is 0 Å². The highest BCUT2D eigenvalue weighted by atomic mass is 32.2. The Hall–Kier alpha value is -1.17. The molecule has 2 aromatic rings. The standard InChI is InChI=1S/C10H17N5S/c1-6(5-16-4)15-9-8(12-10(15)11)7(2)13-14(9)3/h6H,5H2,1-4H3,(H2,11,12). The van der Waals surface area contributed by atoms with Crippen LogP contribution in [0.2, 0.25) is 0 Å². The van der Waals surface area contributed by atoms with Crippen LogP contribution in [0.25, 0.3) is 11.2 Å².